The molecule has 0 radical (unpaired) electrons. The van der Waals surface area contributed by atoms with Crippen molar-refractivity contribution >= 4 is 11.8 Å². The van der Waals surface area contributed by atoms with Gasteiger partial charge in [0.25, 0.3) is 0 Å². The van der Waals surface area contributed by atoms with Gasteiger partial charge < -0.3 is 10.6 Å². The van der Waals surface area contributed by atoms with Gasteiger partial charge in [-0.25, -0.2) is 0 Å². The van der Waals surface area contributed by atoms with Crippen LogP contribution >= 0.6 is 0 Å². The van der Waals surface area contributed by atoms with Gasteiger partial charge in [-0.3, -0.25) is 14.5 Å². The number of rotatable bonds is 5. The lowest BCUT2D eigenvalue weighted by molar-refractivity contribution is -0.127. The van der Waals surface area contributed by atoms with Gasteiger partial charge in [0.05, 0.1) is 12.6 Å². The molecule has 0 aromatic rings. The van der Waals surface area contributed by atoms with E-state index >= 15 is 0 Å². The Kier molecular flexibility index (Phi) is 5.25. The van der Waals surface area contributed by atoms with Crippen LogP contribution in [0.4, 0.5) is 0 Å². The van der Waals surface area contributed by atoms with E-state index in [0.717, 1.165) is 25.8 Å². The van der Waals surface area contributed by atoms with Crippen LogP contribution < -0.4 is 10.6 Å². The van der Waals surface area contributed by atoms with Crippen molar-refractivity contribution in [3.05, 3.63) is 0 Å². The second kappa shape index (κ2) is 6.48. The van der Waals surface area contributed by atoms with Crippen molar-refractivity contribution in [1.82, 2.24) is 15.5 Å². The molecule has 0 spiro atoms. The van der Waals surface area contributed by atoms with Crippen molar-refractivity contribution in [3.63, 3.8) is 0 Å². The average molecular weight is 227 g/mol. The van der Waals surface area contributed by atoms with Crippen LogP contribution in [-0.2, 0) is 9.59 Å². The number of nitrogens with zero attached hydrogens (tertiary/aromatic N) is 1. The maximum atomic E-state index is 11.5. The summed E-state index contributed by atoms with van der Waals surface area (Å²) in [5, 5.41) is 5.47. The highest BCUT2D eigenvalue weighted by atomic mass is 16.2. The standard InChI is InChI=1S/C11H21N3O2/c1-3-6-13-10(15)8-14-7-4-5-9(14)11(16)12-2/h9H,3-8H2,1-2H3,(H,12,16)(H,13,15). The molecule has 1 rings (SSSR count). The predicted octanol–water partition coefficient (Wildman–Crippen LogP) is -0.277. The van der Waals surface area contributed by atoms with Gasteiger partial charge in [0, 0.05) is 13.6 Å². The number of likely N-dealkylation sites (N-methyl/N-ethyl adjacent to an activating group) is 1. The minimum Gasteiger partial charge on any atom is -0.358 e. The molecule has 2 amide bonds. The first kappa shape index (κ1) is 13.0. The van der Waals surface area contributed by atoms with Crippen LogP contribution in [0.2, 0.25) is 0 Å². The molecule has 1 aliphatic heterocycles. The van der Waals surface area contributed by atoms with E-state index in [9.17, 15) is 9.59 Å². The molecule has 1 fully saturated rings. The molecule has 1 atom stereocenters. The molecule has 1 saturated heterocycles. The molecular formula is C11H21N3O2. The summed E-state index contributed by atoms with van der Waals surface area (Å²) in [6.07, 6.45) is 2.77. The summed E-state index contributed by atoms with van der Waals surface area (Å²) in [5.41, 5.74) is 0. The van der Waals surface area contributed by atoms with Gasteiger partial charge >= 0.3 is 0 Å². The molecule has 5 heteroatoms. The fourth-order valence-corrected chi connectivity index (χ4v) is 1.98. The highest BCUT2D eigenvalue weighted by Crippen LogP contribution is 2.16. The average Bonchev–Trinajstić information content (AvgIpc) is 2.73. The number of hydrogen-bond donors (Lipinski definition) is 2. The molecule has 0 saturated carbocycles. The van der Waals surface area contributed by atoms with Crippen LogP contribution in [0.1, 0.15) is 26.2 Å². The molecule has 1 heterocycles. The zero-order valence-corrected chi connectivity index (χ0v) is 10.1. The van der Waals surface area contributed by atoms with Crippen LogP contribution in [0, 0.1) is 0 Å². The molecular weight excluding hydrogens is 206 g/mol. The maximum absolute atomic E-state index is 11.5. The summed E-state index contributed by atoms with van der Waals surface area (Å²) in [7, 11) is 1.63. The van der Waals surface area contributed by atoms with Gasteiger partial charge in [-0.1, -0.05) is 6.92 Å². The van der Waals surface area contributed by atoms with Gasteiger partial charge in [-0.15, -0.1) is 0 Å². The van der Waals surface area contributed by atoms with E-state index in [-0.39, 0.29) is 17.9 Å². The lowest BCUT2D eigenvalue weighted by Crippen LogP contribution is -2.46. The highest BCUT2D eigenvalue weighted by molar-refractivity contribution is 5.83. The monoisotopic (exact) mass is 227 g/mol. The normalized spacial score (nSPS) is 20.8. The molecule has 1 aliphatic rings. The third-order valence-corrected chi connectivity index (χ3v) is 2.83. The Labute approximate surface area is 96.6 Å². The number of nitrogens with one attached hydrogen (secondary N) is 2. The van der Waals surface area contributed by atoms with Crippen LogP contribution in [-0.4, -0.2) is 49.4 Å². The summed E-state index contributed by atoms with van der Waals surface area (Å²) < 4.78 is 0. The van der Waals surface area contributed by atoms with E-state index in [1.54, 1.807) is 7.05 Å². The molecule has 16 heavy (non-hydrogen) atoms. The summed E-state index contributed by atoms with van der Waals surface area (Å²) in [5.74, 6) is 0.0263. The van der Waals surface area contributed by atoms with E-state index < -0.39 is 0 Å². The third-order valence-electron chi connectivity index (χ3n) is 2.83. The fraction of sp³-hybridized carbons (Fsp3) is 0.818. The van der Waals surface area contributed by atoms with Gasteiger partial charge in [0.2, 0.25) is 11.8 Å². The number of hydrogen-bond acceptors (Lipinski definition) is 3. The Morgan fingerprint density at radius 3 is 2.81 bits per heavy atom. The first-order chi connectivity index (χ1) is 7.69. The van der Waals surface area contributed by atoms with Crippen molar-refractivity contribution in [2.45, 2.75) is 32.2 Å². The molecule has 0 aromatic heterocycles. The topological polar surface area (TPSA) is 61.4 Å². The smallest absolute Gasteiger partial charge is 0.237 e. The molecule has 5 nitrogen and oxygen atoms in total. The minimum atomic E-state index is -0.127. The number of carbonyl (C=O) groups excluding carboxylic acids is 2. The van der Waals surface area contributed by atoms with Crippen molar-refractivity contribution < 1.29 is 9.59 Å². The minimum absolute atomic E-state index is 0.0117. The Balaban J connectivity index is 2.40. The molecule has 0 bridgehead atoms. The van der Waals surface area contributed by atoms with E-state index in [2.05, 4.69) is 10.6 Å². The first-order valence-corrected chi connectivity index (χ1v) is 5.91. The summed E-state index contributed by atoms with van der Waals surface area (Å²) in [6, 6.07) is -0.127. The second-order valence-corrected chi connectivity index (χ2v) is 4.09. The predicted molar refractivity (Wildman–Crippen MR) is 62.0 cm³/mol. The molecule has 1 unspecified atom stereocenters. The largest absolute Gasteiger partial charge is 0.358 e. The number of carbonyl (C=O) groups is 2. The molecule has 2 N–H and O–H groups in total. The molecule has 0 aromatic carbocycles. The SMILES string of the molecule is CCCNC(=O)CN1CCCC1C(=O)NC. The van der Waals surface area contributed by atoms with Crippen molar-refractivity contribution in [2.75, 3.05) is 26.7 Å². The van der Waals surface area contributed by atoms with Gasteiger partial charge in [0.15, 0.2) is 0 Å². The van der Waals surface area contributed by atoms with Gasteiger partial charge in [-0.2, -0.15) is 0 Å². The van der Waals surface area contributed by atoms with Crippen LogP contribution in [0.15, 0.2) is 0 Å². The van der Waals surface area contributed by atoms with E-state index in [1.807, 2.05) is 11.8 Å². The third kappa shape index (κ3) is 3.48. The van der Waals surface area contributed by atoms with E-state index in [1.165, 1.54) is 0 Å². The van der Waals surface area contributed by atoms with Gasteiger partial charge in [0.1, 0.15) is 0 Å². The lowest BCUT2D eigenvalue weighted by atomic mass is 10.2. The highest BCUT2D eigenvalue weighted by Gasteiger charge is 2.30. The quantitative estimate of drug-likeness (QED) is 0.679. The Morgan fingerprint density at radius 1 is 1.44 bits per heavy atom. The Morgan fingerprint density at radius 2 is 2.19 bits per heavy atom. The number of amides is 2. The van der Waals surface area contributed by atoms with Crippen LogP contribution in [0.5, 0.6) is 0 Å². The zero-order valence-electron chi connectivity index (χ0n) is 10.1. The summed E-state index contributed by atoms with van der Waals surface area (Å²) >= 11 is 0. The Hall–Kier alpha value is -1.10. The summed E-state index contributed by atoms with van der Waals surface area (Å²) in [6.45, 7) is 3.89. The van der Waals surface area contributed by atoms with Crippen LogP contribution in [0.3, 0.4) is 0 Å². The van der Waals surface area contributed by atoms with Crippen molar-refractivity contribution in [3.8, 4) is 0 Å². The van der Waals surface area contributed by atoms with E-state index in [4.69, 9.17) is 0 Å². The van der Waals surface area contributed by atoms with Gasteiger partial charge in [-0.05, 0) is 25.8 Å². The summed E-state index contributed by atoms with van der Waals surface area (Å²) in [4.78, 5) is 25.0. The lowest BCUT2D eigenvalue weighted by Gasteiger charge is -2.22. The molecule has 92 valence electrons. The Bertz CT molecular complexity index is 256. The van der Waals surface area contributed by atoms with E-state index in [0.29, 0.717) is 13.1 Å². The van der Waals surface area contributed by atoms with Crippen LogP contribution in [0.25, 0.3) is 0 Å². The molecule has 0 aliphatic carbocycles. The number of likely N-dealkylation sites (tertiary alicyclic amines) is 1. The fourth-order valence-electron chi connectivity index (χ4n) is 1.98. The van der Waals surface area contributed by atoms with Crippen molar-refractivity contribution in [2.24, 2.45) is 0 Å². The maximum Gasteiger partial charge on any atom is 0.237 e. The van der Waals surface area contributed by atoms with Crippen molar-refractivity contribution in [1.29, 1.82) is 0 Å². The second-order valence-electron chi connectivity index (χ2n) is 4.09. The zero-order chi connectivity index (χ0) is 12.0. The first-order valence-electron chi connectivity index (χ1n) is 5.91.